The molecule has 0 saturated carbocycles. The summed E-state index contributed by atoms with van der Waals surface area (Å²) in [6, 6.07) is 64.0. The Labute approximate surface area is 340 Å². The lowest BCUT2D eigenvalue weighted by molar-refractivity contribution is 0.663. The number of aromatic nitrogens is 4. The number of hydrogen-bond donors (Lipinski definition) is 0. The van der Waals surface area contributed by atoms with E-state index in [0.29, 0.717) is 17.5 Å². The van der Waals surface area contributed by atoms with Gasteiger partial charge in [0.2, 0.25) is 0 Å². The molecule has 11 aromatic rings. The van der Waals surface area contributed by atoms with E-state index < -0.39 is 0 Å². The molecule has 3 heterocycles. The SMILES string of the molecule is CC1(C)c2ccccc2-c2ccc3c4ccccc4n(-c4ccc5oc6c(-c7cccc(-c8nc(-c9ccccc9)nc(-c9ccccc9)n8)c7)cccc6c5c4)c3c21. The minimum atomic E-state index is -0.166. The molecule has 0 radical (unpaired) electrons. The Morgan fingerprint density at radius 1 is 0.441 bits per heavy atom. The molecule has 0 fully saturated rings. The summed E-state index contributed by atoms with van der Waals surface area (Å²) < 4.78 is 9.26. The molecule has 0 amide bonds. The van der Waals surface area contributed by atoms with Crippen molar-refractivity contribution in [2.24, 2.45) is 0 Å². The van der Waals surface area contributed by atoms with Crippen molar-refractivity contribution in [3.8, 4) is 62.1 Å². The molecule has 5 heteroatoms. The van der Waals surface area contributed by atoms with Crippen LogP contribution in [0.15, 0.2) is 186 Å². The fourth-order valence-corrected chi connectivity index (χ4v) is 9.50. The van der Waals surface area contributed by atoms with E-state index in [1.807, 2.05) is 60.7 Å². The van der Waals surface area contributed by atoms with Crippen LogP contribution in [0.4, 0.5) is 0 Å². The number of furan rings is 1. The first-order chi connectivity index (χ1) is 29.0. The highest BCUT2D eigenvalue weighted by atomic mass is 16.3. The van der Waals surface area contributed by atoms with Gasteiger partial charge < -0.3 is 8.98 Å². The lowest BCUT2D eigenvalue weighted by atomic mass is 9.81. The lowest BCUT2D eigenvalue weighted by Gasteiger charge is -2.23. The average molecular weight is 757 g/mol. The number of para-hydroxylation sites is 2. The maximum Gasteiger partial charge on any atom is 0.164 e. The second-order valence-corrected chi connectivity index (χ2v) is 16.0. The molecule has 3 aromatic heterocycles. The van der Waals surface area contributed by atoms with Crippen molar-refractivity contribution >= 4 is 43.7 Å². The zero-order chi connectivity index (χ0) is 39.2. The second kappa shape index (κ2) is 12.7. The van der Waals surface area contributed by atoms with E-state index in [9.17, 15) is 0 Å². The number of rotatable bonds is 5. The molecule has 0 unspecified atom stereocenters. The van der Waals surface area contributed by atoms with Crippen molar-refractivity contribution in [1.29, 1.82) is 0 Å². The Balaban J connectivity index is 1.02. The van der Waals surface area contributed by atoms with Gasteiger partial charge in [-0.1, -0.05) is 166 Å². The molecule has 5 nitrogen and oxygen atoms in total. The highest BCUT2D eigenvalue weighted by Gasteiger charge is 2.38. The van der Waals surface area contributed by atoms with E-state index in [0.717, 1.165) is 55.4 Å². The van der Waals surface area contributed by atoms with Crippen LogP contribution in [0.3, 0.4) is 0 Å². The van der Waals surface area contributed by atoms with Gasteiger partial charge in [0.05, 0.1) is 11.0 Å². The fraction of sp³-hybridized carbons (Fsp3) is 0.0556. The van der Waals surface area contributed by atoms with Crippen molar-refractivity contribution in [3.05, 3.63) is 193 Å². The van der Waals surface area contributed by atoms with Gasteiger partial charge >= 0.3 is 0 Å². The molecule has 1 aliphatic rings. The van der Waals surface area contributed by atoms with Crippen molar-refractivity contribution in [2.45, 2.75) is 19.3 Å². The van der Waals surface area contributed by atoms with Gasteiger partial charge in [-0.05, 0) is 58.1 Å². The summed E-state index contributed by atoms with van der Waals surface area (Å²) >= 11 is 0. The molecular weight excluding hydrogens is 721 g/mol. The number of nitrogens with zero attached hydrogens (tertiary/aromatic N) is 4. The summed E-state index contributed by atoms with van der Waals surface area (Å²) in [5, 5.41) is 4.67. The minimum absolute atomic E-state index is 0.166. The van der Waals surface area contributed by atoms with Gasteiger partial charge in [-0.2, -0.15) is 0 Å². The summed E-state index contributed by atoms with van der Waals surface area (Å²) in [6.45, 7) is 4.74. The van der Waals surface area contributed by atoms with E-state index in [-0.39, 0.29) is 5.41 Å². The molecule has 0 bridgehead atoms. The van der Waals surface area contributed by atoms with Crippen LogP contribution in [0.5, 0.6) is 0 Å². The smallest absolute Gasteiger partial charge is 0.164 e. The number of fused-ring (bicyclic) bond motifs is 10. The fourth-order valence-electron chi connectivity index (χ4n) is 9.50. The maximum absolute atomic E-state index is 6.78. The molecular formula is C54H36N4O. The predicted molar refractivity (Wildman–Crippen MR) is 241 cm³/mol. The van der Waals surface area contributed by atoms with Gasteiger partial charge in [0.25, 0.3) is 0 Å². The quantitative estimate of drug-likeness (QED) is 0.175. The van der Waals surface area contributed by atoms with Gasteiger partial charge in [-0.25, -0.2) is 15.0 Å². The third kappa shape index (κ3) is 5.08. The molecule has 0 N–H and O–H groups in total. The van der Waals surface area contributed by atoms with Gasteiger partial charge in [0.1, 0.15) is 11.2 Å². The molecule has 0 aliphatic heterocycles. The third-order valence-corrected chi connectivity index (χ3v) is 12.2. The van der Waals surface area contributed by atoms with E-state index in [1.165, 1.54) is 44.1 Å². The zero-order valence-corrected chi connectivity index (χ0v) is 32.5. The number of benzene rings is 8. The Hall–Kier alpha value is -7.63. The highest BCUT2D eigenvalue weighted by Crippen LogP contribution is 2.53. The van der Waals surface area contributed by atoms with Crippen LogP contribution < -0.4 is 0 Å². The van der Waals surface area contributed by atoms with Gasteiger partial charge in [-0.3, -0.25) is 0 Å². The van der Waals surface area contributed by atoms with Crippen molar-refractivity contribution in [1.82, 2.24) is 19.5 Å². The summed E-state index contributed by atoms with van der Waals surface area (Å²) in [7, 11) is 0. The summed E-state index contributed by atoms with van der Waals surface area (Å²) in [5.74, 6) is 1.89. The molecule has 0 saturated heterocycles. The predicted octanol–water partition coefficient (Wildman–Crippen LogP) is 13.8. The van der Waals surface area contributed by atoms with Crippen LogP contribution in [-0.2, 0) is 5.41 Å². The molecule has 1 aliphatic carbocycles. The Morgan fingerprint density at radius 3 is 1.83 bits per heavy atom. The van der Waals surface area contributed by atoms with Crippen LogP contribution in [0.25, 0.3) is 106 Å². The lowest BCUT2D eigenvalue weighted by Crippen LogP contribution is -2.16. The monoisotopic (exact) mass is 756 g/mol. The Morgan fingerprint density at radius 2 is 1.05 bits per heavy atom. The van der Waals surface area contributed by atoms with Crippen LogP contribution in [0.1, 0.15) is 25.0 Å². The minimum Gasteiger partial charge on any atom is -0.455 e. The van der Waals surface area contributed by atoms with Crippen molar-refractivity contribution in [3.63, 3.8) is 0 Å². The van der Waals surface area contributed by atoms with Crippen LogP contribution in [-0.4, -0.2) is 19.5 Å². The van der Waals surface area contributed by atoms with Gasteiger partial charge in [0.15, 0.2) is 17.5 Å². The van der Waals surface area contributed by atoms with Crippen LogP contribution in [0, 0.1) is 0 Å². The van der Waals surface area contributed by atoms with E-state index in [2.05, 4.69) is 140 Å². The normalized spacial score (nSPS) is 13.1. The van der Waals surface area contributed by atoms with Gasteiger partial charge in [-0.15, -0.1) is 0 Å². The Bertz CT molecular complexity index is 3410. The standard InChI is InChI=1S/C54H36N4O/c1-54(2)45-25-11-9-21-39(45)41-28-29-42-40-22-10-12-26-46(40)58(49(42)48(41)54)37-27-30-47-44(32-37)43-24-14-23-38(50(43)59-47)35-19-13-20-36(31-35)53-56-51(33-15-5-3-6-16-33)55-52(57-53)34-17-7-4-8-18-34/h3-32H,1-2H3. The number of hydrogen-bond acceptors (Lipinski definition) is 4. The molecule has 8 aromatic carbocycles. The van der Waals surface area contributed by atoms with Crippen LogP contribution in [0.2, 0.25) is 0 Å². The zero-order valence-electron chi connectivity index (χ0n) is 32.5. The summed E-state index contributed by atoms with van der Waals surface area (Å²) in [6.07, 6.45) is 0. The highest BCUT2D eigenvalue weighted by molar-refractivity contribution is 6.14. The topological polar surface area (TPSA) is 56.7 Å². The third-order valence-electron chi connectivity index (χ3n) is 12.2. The molecule has 59 heavy (non-hydrogen) atoms. The second-order valence-electron chi connectivity index (χ2n) is 16.0. The summed E-state index contributed by atoms with van der Waals surface area (Å²) in [5.41, 5.74) is 15.3. The molecule has 0 atom stereocenters. The van der Waals surface area contributed by atoms with E-state index in [1.54, 1.807) is 0 Å². The maximum atomic E-state index is 6.78. The first-order valence-electron chi connectivity index (χ1n) is 20.1. The van der Waals surface area contributed by atoms with Crippen LogP contribution >= 0.6 is 0 Å². The van der Waals surface area contributed by atoms with Crippen molar-refractivity contribution < 1.29 is 4.42 Å². The molecule has 12 rings (SSSR count). The molecule has 278 valence electrons. The van der Waals surface area contributed by atoms with Gasteiger partial charge in [0, 0.05) is 54.9 Å². The first kappa shape index (κ1) is 33.5. The Kier molecular flexibility index (Phi) is 7.20. The summed E-state index contributed by atoms with van der Waals surface area (Å²) in [4.78, 5) is 14.9. The average Bonchev–Trinajstić information content (AvgIpc) is 3.92. The van der Waals surface area contributed by atoms with E-state index in [4.69, 9.17) is 19.4 Å². The first-order valence-corrected chi connectivity index (χ1v) is 20.1. The molecule has 0 spiro atoms. The van der Waals surface area contributed by atoms with Crippen molar-refractivity contribution in [2.75, 3.05) is 0 Å². The van der Waals surface area contributed by atoms with E-state index >= 15 is 0 Å². The largest absolute Gasteiger partial charge is 0.455 e.